The summed E-state index contributed by atoms with van der Waals surface area (Å²) in [7, 11) is 1.75. The zero-order valence-electron chi connectivity index (χ0n) is 67.1. The van der Waals surface area contributed by atoms with Gasteiger partial charge in [0, 0.05) is 55.9 Å². The number of ether oxygens (including phenoxy) is 1. The molecule has 18 aromatic carbocycles. The summed E-state index contributed by atoms with van der Waals surface area (Å²) in [5.41, 5.74) is 40.6. The van der Waals surface area contributed by atoms with Crippen molar-refractivity contribution in [1.82, 2.24) is 0 Å². The summed E-state index contributed by atoms with van der Waals surface area (Å²) in [6.45, 7) is 6.96. The molecule has 2 atom stereocenters. The summed E-state index contributed by atoms with van der Waals surface area (Å²) in [6.07, 6.45) is 0. The van der Waals surface area contributed by atoms with E-state index in [4.69, 9.17) is 9.15 Å². The Morgan fingerprint density at radius 3 is 1.18 bits per heavy atom. The van der Waals surface area contributed by atoms with Gasteiger partial charge < -0.3 is 19.0 Å². The third kappa shape index (κ3) is 10.5. The summed E-state index contributed by atoms with van der Waals surface area (Å²) in [5, 5.41) is 2.14. The molecular weight excluding hydrogens is 1450 g/mol. The van der Waals surface area contributed by atoms with Crippen LogP contribution in [0.2, 0.25) is 0 Å². The molecule has 0 aliphatic heterocycles. The number of rotatable bonds is 15. The minimum absolute atomic E-state index is 0.256. The first-order chi connectivity index (χ1) is 59.2. The molecule has 0 fully saturated rings. The van der Waals surface area contributed by atoms with E-state index >= 15 is 0 Å². The molecule has 0 bridgehead atoms. The van der Waals surface area contributed by atoms with E-state index in [1.165, 1.54) is 122 Å². The molecule has 1 aromatic heterocycles. The van der Waals surface area contributed by atoms with Gasteiger partial charge >= 0.3 is 0 Å². The maximum Gasteiger partial charge on any atom is 0.143 e. The summed E-state index contributed by atoms with van der Waals surface area (Å²) in [6, 6.07) is 156. The summed E-state index contributed by atoms with van der Waals surface area (Å²) < 4.78 is 13.2. The highest BCUT2D eigenvalue weighted by Crippen LogP contribution is 2.65. The predicted octanol–water partition coefficient (Wildman–Crippen LogP) is 30.2. The second kappa shape index (κ2) is 27.7. The molecule has 568 valence electrons. The van der Waals surface area contributed by atoms with Crippen LogP contribution in [0.25, 0.3) is 111 Å². The van der Waals surface area contributed by atoms with E-state index in [2.05, 4.69) is 449 Å². The molecule has 2 unspecified atom stereocenters. The van der Waals surface area contributed by atoms with Crippen LogP contribution >= 0.6 is 0 Å². The number of para-hydroxylation sites is 1. The predicted molar refractivity (Wildman–Crippen MR) is 496 cm³/mol. The Balaban J connectivity index is 0.646. The van der Waals surface area contributed by atoms with Crippen molar-refractivity contribution in [2.75, 3.05) is 16.9 Å². The third-order valence-corrected chi connectivity index (χ3v) is 26.8. The second-order valence-corrected chi connectivity index (χ2v) is 33.1. The minimum atomic E-state index is -0.766. The molecule has 1 heterocycles. The number of furan rings is 1. The first-order valence-electron chi connectivity index (χ1n) is 41.9. The fourth-order valence-corrected chi connectivity index (χ4v) is 21.5. The number of hydrogen-bond donors (Lipinski definition) is 0. The monoisotopic (exact) mass is 1530 g/mol. The van der Waals surface area contributed by atoms with Crippen LogP contribution < -0.4 is 14.5 Å². The SMILES string of the molecule is COc1ccc(C2(c3ccccc3)c3ccc(-c4ccc5c(c4)oc4c(-c6ccc(N(c7ccc(-c8ccccc8)cc7)c7ccc8c(c7)C(c7ccc(C)cc7)(C(C)C)c7ccccc7-8)cc6)cccc45)cc3-c3ccc(N(c4ccc(-c5ccccc5)cc4)c4ccc5c(c4)C4(c6ccccc6-c6ccccc64)c4ccccc4-5)cc32)cc1. The Morgan fingerprint density at radius 2 is 0.633 bits per heavy atom. The third-order valence-electron chi connectivity index (χ3n) is 26.8. The van der Waals surface area contributed by atoms with Crippen LogP contribution in [0.1, 0.15) is 80.6 Å². The quantitative estimate of drug-likeness (QED) is 0.102. The lowest BCUT2D eigenvalue weighted by Gasteiger charge is -2.38. The van der Waals surface area contributed by atoms with Gasteiger partial charge in [0.2, 0.25) is 0 Å². The first-order valence-corrected chi connectivity index (χ1v) is 41.9. The van der Waals surface area contributed by atoms with Crippen LogP contribution in [-0.4, -0.2) is 7.11 Å². The van der Waals surface area contributed by atoms with E-state index in [1.54, 1.807) is 7.11 Å². The Kier molecular flexibility index (Phi) is 16.3. The second-order valence-electron chi connectivity index (χ2n) is 33.1. The number of fused-ring (bicyclic) bond motifs is 19. The standard InChI is InChI=1S/C116H82N2O2/c1-74(2)114(84-49-39-75(3)40-50-84)104-35-18-14-31-96(104)98-65-59-89(71-109(98)114)117(86-53-41-78(42-54-86)76-23-8-5-9-24-76)87-57-45-80(46-58-87)93-33-22-34-102-101-64-47-82(70-112(101)120-113(93)102)81-48-68-108-103(69-81)100-67-61-90(72-110(100)115(108,83-27-12-7-13-28-83)85-51-62-92(119-4)63-52-85)118(88-55-43-79(44-56-88)77-25-10-6-11-26-77)91-60-66-99-97-32-17-21-38-107(97)116(111(99)73-91)105-36-19-15-29-94(105)95-30-16-20-37-106(95)116/h5-74H,1-4H3. The lowest BCUT2D eigenvalue weighted by atomic mass is 9.65. The van der Waals surface area contributed by atoms with E-state index in [-0.39, 0.29) is 11.3 Å². The average molecular weight is 1540 g/mol. The number of hydrogen-bond acceptors (Lipinski definition) is 4. The van der Waals surface area contributed by atoms with E-state index in [9.17, 15) is 0 Å². The van der Waals surface area contributed by atoms with Gasteiger partial charge in [-0.1, -0.05) is 335 Å². The molecule has 1 spiro atoms. The molecule has 0 amide bonds. The molecular formula is C116H82N2O2. The molecule has 4 aliphatic carbocycles. The van der Waals surface area contributed by atoms with Gasteiger partial charge in [0.25, 0.3) is 0 Å². The number of nitrogens with zero attached hydrogens (tertiary/aromatic N) is 2. The van der Waals surface area contributed by atoms with Crippen molar-refractivity contribution in [3.8, 4) is 94.8 Å². The van der Waals surface area contributed by atoms with Crippen LogP contribution in [0, 0.1) is 12.8 Å². The normalized spacial score (nSPS) is 15.2. The average Bonchev–Trinajstić information content (AvgIpc) is 1.51. The van der Waals surface area contributed by atoms with Crippen molar-refractivity contribution >= 4 is 56.1 Å². The lowest BCUT2D eigenvalue weighted by molar-refractivity contribution is 0.414. The molecule has 0 radical (unpaired) electrons. The molecule has 4 aliphatic rings. The molecule has 4 heteroatoms. The fraction of sp³-hybridized carbons (Fsp3) is 0.0690. The van der Waals surface area contributed by atoms with E-state index in [0.717, 1.165) is 95.2 Å². The van der Waals surface area contributed by atoms with Gasteiger partial charge in [-0.05, 0) is 261 Å². The Bertz CT molecular complexity index is 7210. The number of aryl methyl sites for hydroxylation is 1. The summed E-state index contributed by atoms with van der Waals surface area (Å²) >= 11 is 0. The zero-order chi connectivity index (χ0) is 80.0. The Labute approximate surface area is 700 Å². The Hall–Kier alpha value is -14.8. The largest absolute Gasteiger partial charge is 0.497 e. The van der Waals surface area contributed by atoms with E-state index in [0.29, 0.717) is 0 Å². The number of anilines is 6. The van der Waals surface area contributed by atoms with Crippen LogP contribution in [0.5, 0.6) is 5.75 Å². The fourth-order valence-electron chi connectivity index (χ4n) is 21.5. The van der Waals surface area contributed by atoms with Gasteiger partial charge in [-0.25, -0.2) is 0 Å². The number of methoxy groups -OCH3 is 1. The van der Waals surface area contributed by atoms with Crippen LogP contribution in [0.15, 0.2) is 423 Å². The number of benzene rings is 18. The van der Waals surface area contributed by atoms with Crippen molar-refractivity contribution in [2.24, 2.45) is 5.92 Å². The smallest absolute Gasteiger partial charge is 0.143 e. The van der Waals surface area contributed by atoms with Gasteiger partial charge in [-0.15, -0.1) is 0 Å². The van der Waals surface area contributed by atoms with Gasteiger partial charge in [0.1, 0.15) is 16.9 Å². The zero-order valence-corrected chi connectivity index (χ0v) is 67.1. The van der Waals surface area contributed by atoms with Crippen molar-refractivity contribution < 1.29 is 9.15 Å². The van der Waals surface area contributed by atoms with Crippen molar-refractivity contribution in [2.45, 2.75) is 37.0 Å². The maximum absolute atomic E-state index is 7.24. The molecule has 0 N–H and O–H groups in total. The molecule has 4 nitrogen and oxygen atoms in total. The first kappa shape index (κ1) is 70.6. The van der Waals surface area contributed by atoms with E-state index < -0.39 is 10.8 Å². The maximum atomic E-state index is 7.24. The highest BCUT2D eigenvalue weighted by molar-refractivity contribution is 6.11. The minimum Gasteiger partial charge on any atom is -0.497 e. The van der Waals surface area contributed by atoms with Gasteiger partial charge in [-0.3, -0.25) is 0 Å². The highest BCUT2D eigenvalue weighted by Gasteiger charge is 2.53. The van der Waals surface area contributed by atoms with Crippen LogP contribution in [0.3, 0.4) is 0 Å². The molecule has 23 rings (SSSR count). The molecule has 120 heavy (non-hydrogen) atoms. The van der Waals surface area contributed by atoms with Crippen molar-refractivity contribution in [1.29, 1.82) is 0 Å². The van der Waals surface area contributed by atoms with Gasteiger partial charge in [-0.2, -0.15) is 0 Å². The van der Waals surface area contributed by atoms with Crippen molar-refractivity contribution in [3.05, 3.63) is 485 Å². The summed E-state index contributed by atoms with van der Waals surface area (Å²) in [4.78, 5) is 4.93. The van der Waals surface area contributed by atoms with Crippen molar-refractivity contribution in [3.63, 3.8) is 0 Å². The molecule has 0 saturated carbocycles. The molecule has 0 saturated heterocycles. The molecule has 19 aromatic rings. The highest BCUT2D eigenvalue weighted by atomic mass is 16.5. The lowest BCUT2D eigenvalue weighted by Crippen LogP contribution is -2.33. The van der Waals surface area contributed by atoms with Crippen LogP contribution in [-0.2, 0) is 16.2 Å². The van der Waals surface area contributed by atoms with E-state index in [1.807, 2.05) is 0 Å². The summed E-state index contributed by atoms with van der Waals surface area (Å²) in [5.74, 6) is 1.06. The van der Waals surface area contributed by atoms with Gasteiger partial charge in [0.15, 0.2) is 0 Å². The Morgan fingerprint density at radius 1 is 0.250 bits per heavy atom. The van der Waals surface area contributed by atoms with Gasteiger partial charge in [0.05, 0.1) is 17.9 Å². The van der Waals surface area contributed by atoms with Crippen LogP contribution in [0.4, 0.5) is 34.1 Å². The topological polar surface area (TPSA) is 28.9 Å².